The van der Waals surface area contributed by atoms with Gasteiger partial charge in [0.05, 0.1) is 25.7 Å². The number of thiophene rings is 1. The van der Waals surface area contributed by atoms with Gasteiger partial charge in [-0.2, -0.15) is 0 Å². The number of nitrogens with zero attached hydrogens (tertiary/aromatic N) is 3. The Morgan fingerprint density at radius 1 is 0.778 bits per heavy atom. The molecule has 45 heavy (non-hydrogen) atoms. The Kier molecular flexibility index (Phi) is 7.41. The predicted octanol–water partition coefficient (Wildman–Crippen LogP) is 7.00. The molecule has 4 heterocycles. The fraction of sp³-hybridized carbons (Fsp3) is 0.270. The van der Waals surface area contributed by atoms with Gasteiger partial charge in [0, 0.05) is 94.9 Å². The highest BCUT2D eigenvalue weighted by molar-refractivity contribution is 7.26. The van der Waals surface area contributed by atoms with Crippen LogP contribution >= 0.6 is 11.3 Å². The van der Waals surface area contributed by atoms with E-state index in [1.807, 2.05) is 29.5 Å². The second-order valence-corrected chi connectivity index (χ2v) is 12.8. The number of methoxy groups -OCH3 is 1. The van der Waals surface area contributed by atoms with Gasteiger partial charge in [-0.3, -0.25) is 9.69 Å². The quantitative estimate of drug-likeness (QED) is 0.200. The molecule has 8 heteroatoms. The van der Waals surface area contributed by atoms with Gasteiger partial charge >= 0.3 is 0 Å². The number of anilines is 2. The van der Waals surface area contributed by atoms with Crippen LogP contribution in [-0.2, 0) is 11.3 Å². The lowest BCUT2D eigenvalue weighted by Crippen LogP contribution is -2.46. The molecule has 2 aliphatic heterocycles. The number of morpholine rings is 1. The normalized spacial score (nSPS) is 16.2. The predicted molar refractivity (Wildman–Crippen MR) is 184 cm³/mol. The van der Waals surface area contributed by atoms with E-state index in [2.05, 4.69) is 75.4 Å². The third-order valence-electron chi connectivity index (χ3n) is 9.15. The lowest BCUT2D eigenvalue weighted by Gasteiger charge is -2.36. The number of benzene rings is 4. The number of fused-ring (bicyclic) bond motifs is 4. The summed E-state index contributed by atoms with van der Waals surface area (Å²) in [6.45, 7) is 7.47. The molecule has 2 fully saturated rings. The van der Waals surface area contributed by atoms with E-state index in [1.54, 1.807) is 13.2 Å². The molecule has 0 aliphatic carbocycles. The lowest BCUT2D eigenvalue weighted by molar-refractivity contribution is 0.121. The van der Waals surface area contributed by atoms with Crippen LogP contribution in [0.3, 0.4) is 0 Å². The molecule has 0 atom stereocenters. The highest BCUT2D eigenvalue weighted by Gasteiger charge is 2.23. The van der Waals surface area contributed by atoms with Crippen LogP contribution in [0, 0.1) is 0 Å². The average Bonchev–Trinajstić information content (AvgIpc) is 3.49. The molecule has 2 saturated heterocycles. The first-order valence-electron chi connectivity index (χ1n) is 15.6. The number of piperazine rings is 1. The maximum atomic E-state index is 13.3. The van der Waals surface area contributed by atoms with Gasteiger partial charge in [0.1, 0.15) is 11.3 Å². The summed E-state index contributed by atoms with van der Waals surface area (Å²) in [4.78, 5) is 20.4. The highest BCUT2D eigenvalue weighted by Crippen LogP contribution is 2.44. The van der Waals surface area contributed by atoms with Gasteiger partial charge in [0.25, 0.3) is 0 Å². The molecular formula is C37H35N3O4S. The Labute approximate surface area is 265 Å². The second-order valence-electron chi connectivity index (χ2n) is 11.8. The molecule has 0 bridgehead atoms. The molecule has 0 spiro atoms. The topological polar surface area (TPSA) is 58.4 Å². The Balaban J connectivity index is 1.17. The number of rotatable bonds is 6. The van der Waals surface area contributed by atoms with Crippen LogP contribution in [0.15, 0.2) is 94.1 Å². The van der Waals surface area contributed by atoms with Gasteiger partial charge in [-0.15, -0.1) is 11.3 Å². The zero-order chi connectivity index (χ0) is 30.3. The molecule has 2 aromatic heterocycles. The average molecular weight is 618 g/mol. The molecule has 7 nitrogen and oxygen atoms in total. The smallest absolute Gasteiger partial charge is 0.200 e. The van der Waals surface area contributed by atoms with E-state index in [9.17, 15) is 4.79 Å². The van der Waals surface area contributed by atoms with Crippen molar-refractivity contribution < 1.29 is 13.9 Å². The fourth-order valence-electron chi connectivity index (χ4n) is 6.77. The first kappa shape index (κ1) is 28.1. The molecular weight excluding hydrogens is 582 g/mol. The van der Waals surface area contributed by atoms with Crippen LogP contribution in [0.1, 0.15) is 5.56 Å². The van der Waals surface area contributed by atoms with Crippen molar-refractivity contribution in [3.8, 4) is 16.9 Å². The van der Waals surface area contributed by atoms with E-state index < -0.39 is 0 Å². The number of para-hydroxylation sites is 1. The third kappa shape index (κ3) is 5.23. The summed E-state index contributed by atoms with van der Waals surface area (Å²) >= 11 is 1.82. The van der Waals surface area contributed by atoms with E-state index in [1.165, 1.54) is 31.4 Å². The minimum absolute atomic E-state index is 0.0168. The van der Waals surface area contributed by atoms with Gasteiger partial charge in [-0.25, -0.2) is 0 Å². The molecule has 0 N–H and O–H groups in total. The lowest BCUT2D eigenvalue weighted by atomic mass is 9.97. The van der Waals surface area contributed by atoms with Crippen molar-refractivity contribution in [2.45, 2.75) is 6.54 Å². The van der Waals surface area contributed by atoms with Crippen molar-refractivity contribution in [3.63, 3.8) is 0 Å². The minimum atomic E-state index is -0.0168. The Hall–Kier alpha value is -4.37. The van der Waals surface area contributed by atoms with Gasteiger partial charge in [0.2, 0.25) is 0 Å². The fourth-order valence-corrected chi connectivity index (χ4v) is 8.05. The monoisotopic (exact) mass is 617 g/mol. The third-order valence-corrected chi connectivity index (χ3v) is 10.4. The largest absolute Gasteiger partial charge is 0.497 e. The SMILES string of the molecule is COc1cccc(N2CCN(Cc3ccc(-c4cccc5c(=O)cc(N6CCOCC6)oc45)c4sc5ccccc5c34)CC2)c1. The highest BCUT2D eigenvalue weighted by atomic mass is 32.1. The number of hydrogen-bond acceptors (Lipinski definition) is 8. The second kappa shape index (κ2) is 11.9. The van der Waals surface area contributed by atoms with Crippen molar-refractivity contribution in [1.29, 1.82) is 0 Å². The summed E-state index contributed by atoms with van der Waals surface area (Å²) in [6.07, 6.45) is 0. The van der Waals surface area contributed by atoms with Crippen LogP contribution < -0.4 is 20.0 Å². The van der Waals surface area contributed by atoms with E-state index in [4.69, 9.17) is 13.9 Å². The molecule has 0 unspecified atom stereocenters. The minimum Gasteiger partial charge on any atom is -0.497 e. The molecule has 228 valence electrons. The molecule has 0 amide bonds. The molecule has 8 rings (SSSR count). The molecule has 0 radical (unpaired) electrons. The van der Waals surface area contributed by atoms with Crippen molar-refractivity contribution >= 4 is 54.0 Å². The maximum Gasteiger partial charge on any atom is 0.200 e. The first-order chi connectivity index (χ1) is 22.2. The van der Waals surface area contributed by atoms with Crippen LogP contribution in [0.25, 0.3) is 42.3 Å². The summed E-state index contributed by atoms with van der Waals surface area (Å²) in [5, 5.41) is 3.18. The van der Waals surface area contributed by atoms with E-state index in [0.29, 0.717) is 43.2 Å². The number of ether oxygens (including phenoxy) is 2. The van der Waals surface area contributed by atoms with Crippen LogP contribution in [0.2, 0.25) is 0 Å². The standard InChI is InChI=1S/C37H35N3O4S/c1-42-27-7-4-6-26(22-27)39-16-14-38(15-17-39)24-25-12-13-29(37-35(25)31-8-2-3-11-33(31)45-37)28-9-5-10-30-32(41)23-34(44-36(28)30)40-18-20-43-21-19-40/h2-13,22-23H,14-21,24H2,1H3. The van der Waals surface area contributed by atoms with E-state index in [0.717, 1.165) is 49.6 Å². The van der Waals surface area contributed by atoms with Crippen LogP contribution in [0.5, 0.6) is 5.75 Å². The molecule has 6 aromatic rings. The van der Waals surface area contributed by atoms with Crippen molar-refractivity contribution in [1.82, 2.24) is 4.90 Å². The van der Waals surface area contributed by atoms with Crippen LogP contribution in [-0.4, -0.2) is 64.5 Å². The van der Waals surface area contributed by atoms with Gasteiger partial charge < -0.3 is 23.7 Å². The van der Waals surface area contributed by atoms with Gasteiger partial charge in [0.15, 0.2) is 11.3 Å². The summed E-state index contributed by atoms with van der Waals surface area (Å²) in [7, 11) is 1.72. The summed E-state index contributed by atoms with van der Waals surface area (Å²) in [6, 6.07) is 29.1. The van der Waals surface area contributed by atoms with Crippen molar-refractivity contribution in [2.24, 2.45) is 0 Å². The summed E-state index contributed by atoms with van der Waals surface area (Å²) < 4.78 is 20.0. The summed E-state index contributed by atoms with van der Waals surface area (Å²) in [5.74, 6) is 1.50. The Morgan fingerprint density at radius 3 is 2.42 bits per heavy atom. The van der Waals surface area contributed by atoms with Gasteiger partial charge in [-0.1, -0.05) is 48.5 Å². The summed E-state index contributed by atoms with van der Waals surface area (Å²) in [5.41, 5.74) is 5.23. The van der Waals surface area contributed by atoms with Crippen molar-refractivity contribution in [3.05, 3.63) is 101 Å². The Morgan fingerprint density at radius 2 is 1.58 bits per heavy atom. The van der Waals surface area contributed by atoms with Crippen molar-refractivity contribution in [2.75, 3.05) is 69.4 Å². The first-order valence-corrected chi connectivity index (χ1v) is 16.4. The zero-order valence-corrected chi connectivity index (χ0v) is 26.1. The van der Waals surface area contributed by atoms with Crippen LogP contribution in [0.4, 0.5) is 11.6 Å². The molecule has 0 saturated carbocycles. The maximum absolute atomic E-state index is 13.3. The zero-order valence-electron chi connectivity index (χ0n) is 25.3. The van der Waals surface area contributed by atoms with E-state index in [-0.39, 0.29) is 5.43 Å². The Bertz CT molecular complexity index is 2070. The number of hydrogen-bond donors (Lipinski definition) is 0. The molecule has 4 aromatic carbocycles. The molecule has 2 aliphatic rings. The van der Waals surface area contributed by atoms with Gasteiger partial charge in [-0.05, 0) is 29.8 Å². The van der Waals surface area contributed by atoms with E-state index >= 15 is 0 Å².